The van der Waals surface area contributed by atoms with Crippen LogP contribution in [0.2, 0.25) is 5.28 Å². The molecule has 1 heterocycles. The third-order valence-corrected chi connectivity index (χ3v) is 3.22. The number of hydrogen-bond acceptors (Lipinski definition) is 3. The van der Waals surface area contributed by atoms with Crippen LogP contribution < -0.4 is 0 Å². The number of phenolic OH excluding ortho intramolecular Hbond substituents is 1. The van der Waals surface area contributed by atoms with Crippen LogP contribution in [0, 0.1) is 0 Å². The van der Waals surface area contributed by atoms with Crippen molar-refractivity contribution in [2.75, 3.05) is 0 Å². The van der Waals surface area contributed by atoms with E-state index in [2.05, 4.69) is 16.5 Å². The van der Waals surface area contributed by atoms with E-state index in [0.29, 0.717) is 5.69 Å². The molecule has 3 aromatic rings. The first kappa shape index (κ1) is 12.6. The van der Waals surface area contributed by atoms with Crippen LogP contribution >= 0.6 is 11.6 Å². The standard InChI is InChI=1S/C16H11ClN2O/c1-2-10-6-7-14-13(8-10)15(19-16(17)18-14)11-4-3-5-12(20)9-11/h2-9,20H,1H2. The third-order valence-electron chi connectivity index (χ3n) is 3.05. The molecule has 1 aromatic heterocycles. The molecule has 0 fully saturated rings. The molecule has 0 spiro atoms. The van der Waals surface area contributed by atoms with Crippen LogP contribution in [-0.4, -0.2) is 15.1 Å². The first-order valence-corrected chi connectivity index (χ1v) is 6.44. The predicted octanol–water partition coefficient (Wildman–Crippen LogP) is 4.30. The Kier molecular flexibility index (Phi) is 3.12. The number of nitrogens with zero attached hydrogens (tertiary/aromatic N) is 2. The van der Waals surface area contributed by atoms with Gasteiger partial charge in [0.1, 0.15) is 5.75 Å². The second kappa shape index (κ2) is 4.94. The number of phenols is 1. The second-order valence-electron chi connectivity index (χ2n) is 4.37. The van der Waals surface area contributed by atoms with Crippen LogP contribution in [0.5, 0.6) is 5.75 Å². The summed E-state index contributed by atoms with van der Waals surface area (Å²) in [6.45, 7) is 3.76. The van der Waals surface area contributed by atoms with E-state index >= 15 is 0 Å². The molecule has 0 aliphatic heterocycles. The van der Waals surface area contributed by atoms with E-state index in [1.807, 2.05) is 24.3 Å². The number of aromatic nitrogens is 2. The maximum atomic E-state index is 9.62. The number of benzene rings is 2. The first-order valence-electron chi connectivity index (χ1n) is 6.06. The zero-order valence-corrected chi connectivity index (χ0v) is 11.3. The van der Waals surface area contributed by atoms with Gasteiger partial charge in [0.15, 0.2) is 0 Å². The summed E-state index contributed by atoms with van der Waals surface area (Å²) in [5.74, 6) is 0.185. The van der Waals surface area contributed by atoms with Crippen LogP contribution in [0.4, 0.5) is 0 Å². The summed E-state index contributed by atoms with van der Waals surface area (Å²) >= 11 is 5.98. The molecule has 0 saturated carbocycles. The highest BCUT2D eigenvalue weighted by molar-refractivity contribution is 6.28. The topological polar surface area (TPSA) is 46.0 Å². The number of rotatable bonds is 2. The van der Waals surface area contributed by atoms with Gasteiger partial charge >= 0.3 is 0 Å². The van der Waals surface area contributed by atoms with Crippen molar-refractivity contribution < 1.29 is 5.11 Å². The molecule has 0 aliphatic carbocycles. The number of fused-ring (bicyclic) bond motifs is 1. The van der Waals surface area contributed by atoms with Crippen LogP contribution in [0.1, 0.15) is 5.56 Å². The van der Waals surface area contributed by atoms with Gasteiger partial charge in [-0.15, -0.1) is 0 Å². The van der Waals surface area contributed by atoms with E-state index in [-0.39, 0.29) is 11.0 Å². The normalized spacial score (nSPS) is 10.7. The van der Waals surface area contributed by atoms with Crippen molar-refractivity contribution >= 4 is 28.6 Å². The minimum Gasteiger partial charge on any atom is -0.508 e. The third kappa shape index (κ3) is 2.24. The van der Waals surface area contributed by atoms with Crippen molar-refractivity contribution in [2.24, 2.45) is 0 Å². The van der Waals surface area contributed by atoms with Gasteiger partial charge in [-0.1, -0.05) is 30.9 Å². The van der Waals surface area contributed by atoms with E-state index in [4.69, 9.17) is 11.6 Å². The molecule has 0 unspecified atom stereocenters. The van der Waals surface area contributed by atoms with Crippen LogP contribution in [-0.2, 0) is 0 Å². The summed E-state index contributed by atoms with van der Waals surface area (Å²) in [6.07, 6.45) is 1.76. The maximum absolute atomic E-state index is 9.62. The summed E-state index contributed by atoms with van der Waals surface area (Å²) in [6, 6.07) is 12.7. The Hall–Kier alpha value is -2.39. The van der Waals surface area contributed by atoms with Gasteiger partial charge in [-0.25, -0.2) is 9.97 Å². The second-order valence-corrected chi connectivity index (χ2v) is 4.71. The lowest BCUT2D eigenvalue weighted by molar-refractivity contribution is 0.475. The summed E-state index contributed by atoms with van der Waals surface area (Å²) in [5, 5.41) is 10.7. The van der Waals surface area contributed by atoms with E-state index in [0.717, 1.165) is 22.0 Å². The minimum atomic E-state index is 0.183. The number of halogens is 1. The monoisotopic (exact) mass is 282 g/mol. The highest BCUT2D eigenvalue weighted by Gasteiger charge is 2.10. The van der Waals surface area contributed by atoms with Crippen molar-refractivity contribution in [2.45, 2.75) is 0 Å². The number of aromatic hydroxyl groups is 1. The highest BCUT2D eigenvalue weighted by Crippen LogP contribution is 2.30. The zero-order chi connectivity index (χ0) is 14.1. The Balaban J connectivity index is 2.35. The minimum absolute atomic E-state index is 0.183. The molecule has 0 bridgehead atoms. The van der Waals surface area contributed by atoms with Gasteiger partial charge in [-0.2, -0.15) is 0 Å². The lowest BCUT2D eigenvalue weighted by atomic mass is 10.0. The molecular weight excluding hydrogens is 272 g/mol. The van der Waals surface area contributed by atoms with Crippen molar-refractivity contribution in [1.29, 1.82) is 0 Å². The molecule has 0 saturated heterocycles. The molecule has 3 nitrogen and oxygen atoms in total. The molecule has 0 radical (unpaired) electrons. The van der Waals surface area contributed by atoms with E-state index in [1.165, 1.54) is 0 Å². The summed E-state index contributed by atoms with van der Waals surface area (Å²) in [4.78, 5) is 8.51. The smallest absolute Gasteiger partial charge is 0.223 e. The summed E-state index contributed by atoms with van der Waals surface area (Å²) in [7, 11) is 0. The molecule has 0 aliphatic rings. The van der Waals surface area contributed by atoms with E-state index < -0.39 is 0 Å². The molecule has 20 heavy (non-hydrogen) atoms. The van der Waals surface area contributed by atoms with Gasteiger partial charge in [0.25, 0.3) is 0 Å². The van der Waals surface area contributed by atoms with Gasteiger partial charge in [-0.05, 0) is 41.4 Å². The van der Waals surface area contributed by atoms with Crippen molar-refractivity contribution in [3.05, 3.63) is 59.9 Å². The molecule has 4 heteroatoms. The fourth-order valence-electron chi connectivity index (χ4n) is 2.12. The Labute approximate surface area is 121 Å². The fraction of sp³-hybridized carbons (Fsp3) is 0. The largest absolute Gasteiger partial charge is 0.508 e. The quantitative estimate of drug-likeness (QED) is 0.713. The zero-order valence-electron chi connectivity index (χ0n) is 10.5. The summed E-state index contributed by atoms with van der Waals surface area (Å²) < 4.78 is 0. The SMILES string of the molecule is C=Cc1ccc2nc(Cl)nc(-c3cccc(O)c3)c2c1. The Bertz CT molecular complexity index is 815. The average Bonchev–Trinajstić information content (AvgIpc) is 2.46. The molecule has 1 N–H and O–H groups in total. The molecular formula is C16H11ClN2O. The Morgan fingerprint density at radius 2 is 1.95 bits per heavy atom. The van der Waals surface area contributed by atoms with Gasteiger partial charge in [-0.3, -0.25) is 0 Å². The molecule has 98 valence electrons. The lowest BCUT2D eigenvalue weighted by Crippen LogP contribution is -1.91. The van der Waals surface area contributed by atoms with Crippen LogP contribution in [0.25, 0.3) is 28.2 Å². The molecule has 2 aromatic carbocycles. The lowest BCUT2D eigenvalue weighted by Gasteiger charge is -2.07. The van der Waals surface area contributed by atoms with Crippen molar-refractivity contribution in [3.63, 3.8) is 0 Å². The molecule has 0 atom stereocenters. The Morgan fingerprint density at radius 3 is 2.70 bits per heavy atom. The van der Waals surface area contributed by atoms with Gasteiger partial charge in [0.2, 0.25) is 5.28 Å². The highest BCUT2D eigenvalue weighted by atomic mass is 35.5. The first-order chi connectivity index (χ1) is 9.67. The van der Waals surface area contributed by atoms with Crippen LogP contribution in [0.3, 0.4) is 0 Å². The molecule has 0 amide bonds. The van der Waals surface area contributed by atoms with Crippen LogP contribution in [0.15, 0.2) is 49.0 Å². The van der Waals surface area contributed by atoms with E-state index in [1.54, 1.807) is 24.3 Å². The fourth-order valence-corrected chi connectivity index (χ4v) is 2.29. The van der Waals surface area contributed by atoms with Gasteiger partial charge in [0, 0.05) is 10.9 Å². The predicted molar refractivity (Wildman–Crippen MR) is 81.7 cm³/mol. The number of hydrogen-bond donors (Lipinski definition) is 1. The maximum Gasteiger partial charge on any atom is 0.223 e. The van der Waals surface area contributed by atoms with Crippen molar-refractivity contribution in [3.8, 4) is 17.0 Å². The molecule has 3 rings (SSSR count). The van der Waals surface area contributed by atoms with Crippen molar-refractivity contribution in [1.82, 2.24) is 9.97 Å². The Morgan fingerprint density at radius 1 is 1.10 bits per heavy atom. The van der Waals surface area contributed by atoms with Gasteiger partial charge < -0.3 is 5.11 Å². The van der Waals surface area contributed by atoms with E-state index in [9.17, 15) is 5.11 Å². The summed E-state index contributed by atoms with van der Waals surface area (Å²) in [5.41, 5.74) is 3.22. The van der Waals surface area contributed by atoms with Gasteiger partial charge in [0.05, 0.1) is 11.2 Å². The average molecular weight is 283 g/mol.